The molecule has 1 aromatic carbocycles. The number of aromatic nitrogens is 2. The molecular weight excluding hydrogens is 299 g/mol. The van der Waals surface area contributed by atoms with E-state index in [2.05, 4.69) is 15.3 Å². The van der Waals surface area contributed by atoms with E-state index in [0.29, 0.717) is 17.3 Å². The van der Waals surface area contributed by atoms with Crippen LogP contribution in [0, 0.1) is 17.5 Å². The van der Waals surface area contributed by atoms with E-state index in [1.165, 1.54) is 17.8 Å². The van der Waals surface area contributed by atoms with Crippen molar-refractivity contribution in [2.24, 2.45) is 0 Å². The van der Waals surface area contributed by atoms with E-state index in [0.717, 1.165) is 0 Å². The van der Waals surface area contributed by atoms with Crippen LogP contribution in [0.3, 0.4) is 0 Å². The maximum Gasteiger partial charge on any atom is 0.190 e. The lowest BCUT2D eigenvalue weighted by atomic mass is 10.3. The number of rotatable bonds is 3. The molecule has 0 saturated heterocycles. The maximum atomic E-state index is 13.4. The van der Waals surface area contributed by atoms with Gasteiger partial charge >= 0.3 is 0 Å². The van der Waals surface area contributed by atoms with E-state index < -0.39 is 17.5 Å². The third kappa shape index (κ3) is 3.30. The normalized spacial score (nSPS) is 10.6. The summed E-state index contributed by atoms with van der Waals surface area (Å²) < 4.78 is 39.3. The largest absolute Gasteiger partial charge is 0.338 e. The summed E-state index contributed by atoms with van der Waals surface area (Å²) in [6.45, 7) is 0. The van der Waals surface area contributed by atoms with Crippen molar-refractivity contribution in [3.05, 3.63) is 40.8 Å². The number of nitrogens with one attached hydrogen (secondary N) is 1. The van der Waals surface area contributed by atoms with Gasteiger partial charge in [-0.3, -0.25) is 0 Å². The summed E-state index contributed by atoms with van der Waals surface area (Å²) in [5.41, 5.74) is -0.235. The third-order valence-electron chi connectivity index (χ3n) is 2.13. The molecule has 0 atom stereocenters. The van der Waals surface area contributed by atoms with Gasteiger partial charge in [-0.1, -0.05) is 23.4 Å². The fraction of sp³-hybridized carbons (Fsp3) is 0.0909. The fourth-order valence-corrected chi connectivity index (χ4v) is 1.92. The SMILES string of the molecule is CSc1nc(Cl)cc(Nc2cc(F)c(F)cc2F)n1. The Bertz CT molecular complexity index is 624. The van der Waals surface area contributed by atoms with Crippen LogP contribution in [0.4, 0.5) is 24.7 Å². The zero-order valence-corrected chi connectivity index (χ0v) is 11.1. The van der Waals surface area contributed by atoms with E-state index >= 15 is 0 Å². The van der Waals surface area contributed by atoms with Crippen molar-refractivity contribution < 1.29 is 13.2 Å². The summed E-state index contributed by atoms with van der Waals surface area (Å²) in [4.78, 5) is 7.91. The zero-order chi connectivity index (χ0) is 14.0. The van der Waals surface area contributed by atoms with Gasteiger partial charge in [0.2, 0.25) is 0 Å². The topological polar surface area (TPSA) is 37.8 Å². The molecule has 0 aliphatic rings. The number of benzene rings is 1. The average Bonchev–Trinajstić information content (AvgIpc) is 2.35. The Morgan fingerprint density at radius 3 is 2.42 bits per heavy atom. The number of halogens is 4. The van der Waals surface area contributed by atoms with Gasteiger partial charge in [-0.2, -0.15) is 0 Å². The molecule has 0 unspecified atom stereocenters. The Kier molecular flexibility index (Phi) is 4.16. The first-order valence-corrected chi connectivity index (χ1v) is 6.60. The quantitative estimate of drug-likeness (QED) is 0.402. The van der Waals surface area contributed by atoms with Gasteiger partial charge in [-0.25, -0.2) is 23.1 Å². The van der Waals surface area contributed by atoms with Gasteiger partial charge < -0.3 is 5.32 Å². The Balaban J connectivity index is 2.36. The second-order valence-corrected chi connectivity index (χ2v) is 4.59. The van der Waals surface area contributed by atoms with Gasteiger partial charge in [0.1, 0.15) is 16.8 Å². The molecule has 8 heteroatoms. The highest BCUT2D eigenvalue weighted by molar-refractivity contribution is 7.98. The van der Waals surface area contributed by atoms with Gasteiger partial charge in [0.05, 0.1) is 5.69 Å². The molecule has 3 nitrogen and oxygen atoms in total. The molecule has 0 radical (unpaired) electrons. The van der Waals surface area contributed by atoms with E-state index in [1.54, 1.807) is 6.26 Å². The second kappa shape index (κ2) is 5.66. The highest BCUT2D eigenvalue weighted by Gasteiger charge is 2.11. The minimum absolute atomic E-state index is 0.157. The van der Waals surface area contributed by atoms with Crippen LogP contribution in [0.1, 0.15) is 0 Å². The Morgan fingerprint density at radius 2 is 1.74 bits per heavy atom. The molecule has 2 aromatic rings. The molecule has 19 heavy (non-hydrogen) atoms. The van der Waals surface area contributed by atoms with Gasteiger partial charge in [0.25, 0.3) is 0 Å². The van der Waals surface area contributed by atoms with Crippen molar-refractivity contribution in [3.63, 3.8) is 0 Å². The van der Waals surface area contributed by atoms with E-state index in [1.807, 2.05) is 0 Å². The molecule has 1 N–H and O–H groups in total. The van der Waals surface area contributed by atoms with Crippen LogP contribution < -0.4 is 5.32 Å². The standard InChI is InChI=1S/C11H7ClF3N3S/c1-19-11-17-9(12)4-10(18-11)16-8-3-6(14)5(13)2-7(8)15/h2-4H,1H3,(H,16,17,18). The summed E-state index contributed by atoms with van der Waals surface area (Å²) in [6, 6.07) is 2.51. The Labute approximate surface area is 116 Å². The molecule has 0 bridgehead atoms. The summed E-state index contributed by atoms with van der Waals surface area (Å²) in [6.07, 6.45) is 1.74. The summed E-state index contributed by atoms with van der Waals surface area (Å²) in [5.74, 6) is -3.16. The molecule has 2 rings (SSSR count). The Hall–Kier alpha value is -1.47. The molecule has 0 aliphatic carbocycles. The van der Waals surface area contributed by atoms with Crippen LogP contribution in [0.2, 0.25) is 5.15 Å². The molecule has 1 heterocycles. The van der Waals surface area contributed by atoms with Crippen molar-refractivity contribution in [3.8, 4) is 0 Å². The number of anilines is 2. The van der Waals surface area contributed by atoms with Crippen LogP contribution in [0.15, 0.2) is 23.4 Å². The zero-order valence-electron chi connectivity index (χ0n) is 9.55. The predicted octanol–water partition coefficient (Wildman–Crippen LogP) is 4.01. The second-order valence-electron chi connectivity index (χ2n) is 3.43. The highest BCUT2D eigenvalue weighted by Crippen LogP contribution is 2.24. The molecule has 100 valence electrons. The number of nitrogens with zero attached hydrogens (tertiary/aromatic N) is 2. The minimum atomic E-state index is -1.26. The smallest absolute Gasteiger partial charge is 0.190 e. The molecule has 0 aliphatic heterocycles. The molecule has 0 saturated carbocycles. The molecule has 1 aromatic heterocycles. The number of hydrogen-bond acceptors (Lipinski definition) is 4. The summed E-state index contributed by atoms with van der Waals surface area (Å²) in [7, 11) is 0. The van der Waals surface area contributed by atoms with Crippen molar-refractivity contribution in [2.75, 3.05) is 11.6 Å². The summed E-state index contributed by atoms with van der Waals surface area (Å²) in [5, 5.41) is 3.06. The average molecular weight is 306 g/mol. The van der Waals surface area contributed by atoms with E-state index in [-0.39, 0.29) is 16.7 Å². The van der Waals surface area contributed by atoms with Crippen LogP contribution >= 0.6 is 23.4 Å². The first-order chi connectivity index (χ1) is 8.99. The highest BCUT2D eigenvalue weighted by atomic mass is 35.5. The molecule has 0 fully saturated rings. The van der Waals surface area contributed by atoms with Crippen LogP contribution in [0.25, 0.3) is 0 Å². The third-order valence-corrected chi connectivity index (χ3v) is 2.87. The lowest BCUT2D eigenvalue weighted by Gasteiger charge is -2.08. The van der Waals surface area contributed by atoms with Crippen LogP contribution in [-0.4, -0.2) is 16.2 Å². The Morgan fingerprint density at radius 1 is 1.05 bits per heavy atom. The van der Waals surface area contributed by atoms with Crippen LogP contribution in [-0.2, 0) is 0 Å². The van der Waals surface area contributed by atoms with E-state index in [4.69, 9.17) is 11.6 Å². The summed E-state index contributed by atoms with van der Waals surface area (Å²) >= 11 is 7.00. The van der Waals surface area contributed by atoms with Crippen LogP contribution in [0.5, 0.6) is 0 Å². The van der Waals surface area contributed by atoms with Gasteiger partial charge in [0.15, 0.2) is 16.8 Å². The van der Waals surface area contributed by atoms with Gasteiger partial charge in [-0.15, -0.1) is 0 Å². The number of hydrogen-bond donors (Lipinski definition) is 1. The van der Waals surface area contributed by atoms with Gasteiger partial charge in [-0.05, 0) is 6.26 Å². The van der Waals surface area contributed by atoms with Crippen molar-refractivity contribution in [1.82, 2.24) is 9.97 Å². The maximum absolute atomic E-state index is 13.4. The van der Waals surface area contributed by atoms with Gasteiger partial charge in [0, 0.05) is 18.2 Å². The fourth-order valence-electron chi connectivity index (χ4n) is 1.31. The molecule has 0 spiro atoms. The lowest BCUT2D eigenvalue weighted by Crippen LogP contribution is -2.00. The number of thioether (sulfide) groups is 1. The van der Waals surface area contributed by atoms with Crippen molar-refractivity contribution in [1.29, 1.82) is 0 Å². The predicted molar refractivity (Wildman–Crippen MR) is 68.4 cm³/mol. The monoisotopic (exact) mass is 305 g/mol. The van der Waals surface area contributed by atoms with E-state index in [9.17, 15) is 13.2 Å². The first kappa shape index (κ1) is 14.0. The molecular formula is C11H7ClF3N3S. The first-order valence-electron chi connectivity index (χ1n) is 4.99. The van der Waals surface area contributed by atoms with Crippen molar-refractivity contribution in [2.45, 2.75) is 5.16 Å². The van der Waals surface area contributed by atoms with Crippen molar-refractivity contribution >= 4 is 34.9 Å². The molecule has 0 amide bonds. The lowest BCUT2D eigenvalue weighted by molar-refractivity contribution is 0.496. The minimum Gasteiger partial charge on any atom is -0.338 e.